The molecule has 4 rings (SSSR count). The van der Waals surface area contributed by atoms with E-state index >= 15 is 0 Å². The Kier molecular flexibility index (Phi) is 6.98. The van der Waals surface area contributed by atoms with E-state index in [0.717, 1.165) is 0 Å². The minimum atomic E-state index is -1.08. The van der Waals surface area contributed by atoms with Crippen LogP contribution in [0.15, 0.2) is 29.4 Å². The maximum absolute atomic E-state index is 13.6. The fourth-order valence-corrected chi connectivity index (χ4v) is 3.54. The smallest absolute Gasteiger partial charge is 0.335 e. The van der Waals surface area contributed by atoms with E-state index in [1.54, 1.807) is 13.0 Å². The summed E-state index contributed by atoms with van der Waals surface area (Å²) < 4.78 is 29.4. The second kappa shape index (κ2) is 10.1. The van der Waals surface area contributed by atoms with Crippen molar-refractivity contribution in [2.24, 2.45) is 5.16 Å². The molecule has 3 atom stereocenters. The van der Waals surface area contributed by atoms with Gasteiger partial charge >= 0.3 is 5.97 Å². The van der Waals surface area contributed by atoms with Gasteiger partial charge in [0.1, 0.15) is 23.3 Å². The van der Waals surface area contributed by atoms with Crippen LogP contribution in [0.2, 0.25) is 0 Å². The number of benzene rings is 1. The lowest BCUT2D eigenvalue weighted by atomic mass is 10.0. The van der Waals surface area contributed by atoms with Crippen molar-refractivity contribution in [2.45, 2.75) is 38.2 Å². The van der Waals surface area contributed by atoms with Gasteiger partial charge in [0.05, 0.1) is 26.0 Å². The number of carboxylic acids is 1. The van der Waals surface area contributed by atoms with E-state index < -0.39 is 36.0 Å². The average molecular weight is 474 g/mol. The Bertz CT molecular complexity index is 1120. The first-order valence-corrected chi connectivity index (χ1v) is 10.5. The number of oxime groups is 1. The minimum Gasteiger partial charge on any atom is -0.494 e. The summed E-state index contributed by atoms with van der Waals surface area (Å²) >= 11 is 0. The van der Waals surface area contributed by atoms with Gasteiger partial charge in [-0.15, -0.1) is 0 Å². The SMILES string of the molecule is COc1cc(CNC(=O)c2cc(C3=NO[C@H]([C@@H]4CO[C@@H](C(=O)O)CO4)C3)nc(C)n2)ccc1F. The van der Waals surface area contributed by atoms with Crippen LogP contribution in [0.5, 0.6) is 5.75 Å². The van der Waals surface area contributed by atoms with Crippen molar-refractivity contribution in [3.8, 4) is 5.75 Å². The van der Waals surface area contributed by atoms with E-state index in [9.17, 15) is 14.0 Å². The fourth-order valence-electron chi connectivity index (χ4n) is 3.54. The second-order valence-corrected chi connectivity index (χ2v) is 7.76. The summed E-state index contributed by atoms with van der Waals surface area (Å²) in [6.07, 6.45) is -1.60. The van der Waals surface area contributed by atoms with Crippen LogP contribution in [-0.4, -0.2) is 71.3 Å². The quantitative estimate of drug-likeness (QED) is 0.606. The maximum atomic E-state index is 13.6. The van der Waals surface area contributed by atoms with Gasteiger partial charge in [-0.3, -0.25) is 4.79 Å². The van der Waals surface area contributed by atoms with Crippen LogP contribution in [0.3, 0.4) is 0 Å². The first-order chi connectivity index (χ1) is 16.3. The molecule has 0 bridgehead atoms. The van der Waals surface area contributed by atoms with E-state index in [-0.39, 0.29) is 31.2 Å². The van der Waals surface area contributed by atoms with Gasteiger partial charge in [-0.1, -0.05) is 11.2 Å². The predicted octanol–water partition coefficient (Wildman–Crippen LogP) is 1.22. The van der Waals surface area contributed by atoms with E-state index in [1.807, 2.05) is 0 Å². The minimum absolute atomic E-state index is 0.0645. The molecule has 1 amide bonds. The molecule has 12 heteroatoms. The number of carbonyl (C=O) groups excluding carboxylic acids is 1. The van der Waals surface area contributed by atoms with Gasteiger partial charge in [-0.2, -0.15) is 0 Å². The van der Waals surface area contributed by atoms with Gasteiger partial charge in [-0.25, -0.2) is 19.2 Å². The van der Waals surface area contributed by atoms with Crippen molar-refractivity contribution in [1.29, 1.82) is 0 Å². The number of carboxylic acid groups (broad SMARTS) is 1. The third-order valence-corrected chi connectivity index (χ3v) is 5.34. The maximum Gasteiger partial charge on any atom is 0.335 e. The zero-order valence-corrected chi connectivity index (χ0v) is 18.5. The molecule has 2 aliphatic heterocycles. The fraction of sp³-hybridized carbons (Fsp3) is 0.409. The number of ether oxygens (including phenoxy) is 3. The van der Waals surface area contributed by atoms with Gasteiger partial charge in [-0.05, 0) is 30.7 Å². The summed E-state index contributed by atoms with van der Waals surface area (Å²) in [4.78, 5) is 37.7. The molecule has 2 aliphatic rings. The summed E-state index contributed by atoms with van der Waals surface area (Å²) in [6, 6.07) is 5.84. The highest BCUT2D eigenvalue weighted by Crippen LogP contribution is 2.23. The van der Waals surface area contributed by atoms with Gasteiger partial charge in [0.25, 0.3) is 5.91 Å². The monoisotopic (exact) mass is 474 g/mol. The summed E-state index contributed by atoms with van der Waals surface area (Å²) in [5.41, 5.74) is 1.75. The standard InChI is InChI=1S/C22H23FN4O7/c1-11-25-14(15-7-18(34-27-15)19-9-33-20(10-32-19)22(29)30)6-16(26-11)21(28)24-8-12-3-4-13(23)17(5-12)31-2/h3-6,18-20H,7-10H2,1-2H3,(H,24,28)(H,29,30)/t18-,19-,20+/m0/s1. The molecule has 0 radical (unpaired) electrons. The normalized spacial score (nSPS) is 22.0. The summed E-state index contributed by atoms with van der Waals surface area (Å²) in [7, 11) is 1.37. The Hall–Kier alpha value is -3.64. The molecule has 0 saturated carbocycles. The van der Waals surface area contributed by atoms with Crippen LogP contribution < -0.4 is 10.1 Å². The molecule has 0 aliphatic carbocycles. The van der Waals surface area contributed by atoms with Gasteiger partial charge in [0.2, 0.25) is 0 Å². The van der Waals surface area contributed by atoms with Crippen molar-refractivity contribution >= 4 is 17.6 Å². The second-order valence-electron chi connectivity index (χ2n) is 7.76. The van der Waals surface area contributed by atoms with Crippen molar-refractivity contribution in [1.82, 2.24) is 15.3 Å². The largest absolute Gasteiger partial charge is 0.494 e. The van der Waals surface area contributed by atoms with Crippen molar-refractivity contribution in [3.63, 3.8) is 0 Å². The molecule has 0 spiro atoms. The van der Waals surface area contributed by atoms with Gasteiger partial charge in [0, 0.05) is 13.0 Å². The molecule has 0 unspecified atom stereocenters. The van der Waals surface area contributed by atoms with Crippen LogP contribution in [0.1, 0.15) is 34.0 Å². The third-order valence-electron chi connectivity index (χ3n) is 5.34. The van der Waals surface area contributed by atoms with Crippen LogP contribution in [0.25, 0.3) is 0 Å². The van der Waals surface area contributed by atoms with E-state index in [0.29, 0.717) is 29.2 Å². The number of aromatic nitrogens is 2. The molecule has 34 heavy (non-hydrogen) atoms. The van der Waals surface area contributed by atoms with Gasteiger partial charge in [0.15, 0.2) is 23.8 Å². The number of hydrogen-bond acceptors (Lipinski definition) is 9. The van der Waals surface area contributed by atoms with Crippen LogP contribution in [0, 0.1) is 12.7 Å². The van der Waals surface area contributed by atoms with Crippen molar-refractivity contribution < 1.29 is 38.1 Å². The number of aryl methyl sites for hydroxylation is 1. The van der Waals surface area contributed by atoms with Crippen molar-refractivity contribution in [2.75, 3.05) is 20.3 Å². The Morgan fingerprint density at radius 3 is 2.74 bits per heavy atom. The zero-order chi connectivity index (χ0) is 24.2. The van der Waals surface area contributed by atoms with Crippen LogP contribution in [-0.2, 0) is 25.7 Å². The molecule has 1 fully saturated rings. The molecular formula is C22H23FN4O7. The summed E-state index contributed by atoms with van der Waals surface area (Å²) in [5, 5.41) is 15.8. The number of halogens is 1. The number of methoxy groups -OCH3 is 1. The van der Waals surface area contributed by atoms with Crippen molar-refractivity contribution in [3.05, 3.63) is 52.9 Å². The Balaban J connectivity index is 1.38. The molecular weight excluding hydrogens is 451 g/mol. The highest BCUT2D eigenvalue weighted by molar-refractivity contribution is 6.02. The summed E-state index contributed by atoms with van der Waals surface area (Å²) in [6.45, 7) is 1.79. The topological polar surface area (TPSA) is 141 Å². The van der Waals surface area contributed by atoms with Crippen LogP contribution in [0.4, 0.5) is 4.39 Å². The lowest BCUT2D eigenvalue weighted by Crippen LogP contribution is -2.45. The van der Waals surface area contributed by atoms with Gasteiger partial charge < -0.3 is 29.5 Å². The van der Waals surface area contributed by atoms with E-state index in [1.165, 1.54) is 25.3 Å². The molecule has 11 nitrogen and oxygen atoms in total. The number of aliphatic carboxylic acids is 1. The highest BCUT2D eigenvalue weighted by atomic mass is 19.1. The zero-order valence-electron chi connectivity index (χ0n) is 18.5. The third kappa shape index (κ3) is 5.29. The summed E-state index contributed by atoms with van der Waals surface area (Å²) in [5.74, 6) is -1.54. The highest BCUT2D eigenvalue weighted by Gasteiger charge is 2.37. The average Bonchev–Trinajstić information content (AvgIpc) is 3.33. The first-order valence-electron chi connectivity index (χ1n) is 10.5. The molecule has 1 saturated heterocycles. The Morgan fingerprint density at radius 1 is 1.21 bits per heavy atom. The van der Waals surface area contributed by atoms with E-state index in [2.05, 4.69) is 20.4 Å². The Morgan fingerprint density at radius 2 is 2.03 bits per heavy atom. The van der Waals surface area contributed by atoms with Crippen LogP contribution >= 0.6 is 0 Å². The number of nitrogens with zero attached hydrogens (tertiary/aromatic N) is 3. The number of amides is 1. The lowest BCUT2D eigenvalue weighted by molar-refractivity contribution is -0.190. The number of carbonyl (C=O) groups is 2. The number of rotatable bonds is 7. The van der Waals surface area contributed by atoms with E-state index in [4.69, 9.17) is 24.2 Å². The molecule has 1 aromatic heterocycles. The predicted molar refractivity (Wildman–Crippen MR) is 114 cm³/mol. The molecule has 3 heterocycles. The Labute approximate surface area is 193 Å². The number of hydrogen-bond donors (Lipinski definition) is 2. The number of nitrogens with one attached hydrogen (secondary N) is 1. The lowest BCUT2D eigenvalue weighted by Gasteiger charge is -2.29. The molecule has 2 aromatic rings. The molecule has 2 N–H and O–H groups in total. The first kappa shape index (κ1) is 23.5. The molecule has 180 valence electrons. The molecule has 1 aromatic carbocycles.